The number of hydrogen-bond donors (Lipinski definition) is 2. The number of carbonyl (C=O) groups is 1. The zero-order valence-corrected chi connectivity index (χ0v) is 19.1. The van der Waals surface area contributed by atoms with Crippen molar-refractivity contribution >= 4 is 5.91 Å². The Morgan fingerprint density at radius 2 is 1.95 bits per heavy atom. The Morgan fingerprint density at radius 3 is 2.65 bits per heavy atom. The minimum absolute atomic E-state index is 0.0356. The Bertz CT molecular complexity index is 1510. The second-order valence-corrected chi connectivity index (χ2v) is 7.80. The van der Waals surface area contributed by atoms with Crippen LogP contribution in [0.25, 0.3) is 5.69 Å². The lowest BCUT2D eigenvalue weighted by molar-refractivity contribution is -0.120. The SMILES string of the molecule is N#Cc1ccc(=NCC(F)(F)c2ccc(F)cc2)n(O)c1CC(=O)NCc1cnccc1-n1cncn1. The van der Waals surface area contributed by atoms with Crippen LogP contribution in [0.5, 0.6) is 0 Å². The number of carbonyl (C=O) groups excluding carboxylic acids is 1. The van der Waals surface area contributed by atoms with Gasteiger partial charge in [-0.05, 0) is 30.3 Å². The van der Waals surface area contributed by atoms with Crippen molar-refractivity contribution in [3.05, 3.63) is 101 Å². The lowest BCUT2D eigenvalue weighted by Gasteiger charge is -2.15. The van der Waals surface area contributed by atoms with Gasteiger partial charge in [-0.3, -0.25) is 14.8 Å². The summed E-state index contributed by atoms with van der Waals surface area (Å²) in [5.74, 6) is -4.66. The van der Waals surface area contributed by atoms with E-state index in [0.717, 1.165) is 24.3 Å². The molecule has 1 amide bonds. The lowest BCUT2D eigenvalue weighted by Crippen LogP contribution is -2.31. The molecule has 0 saturated heterocycles. The number of nitriles is 1. The van der Waals surface area contributed by atoms with Gasteiger partial charge in [0.05, 0.1) is 23.4 Å². The van der Waals surface area contributed by atoms with Crippen LogP contribution in [0.2, 0.25) is 0 Å². The van der Waals surface area contributed by atoms with E-state index in [4.69, 9.17) is 0 Å². The van der Waals surface area contributed by atoms with Gasteiger partial charge < -0.3 is 10.5 Å². The number of amides is 1. The van der Waals surface area contributed by atoms with Gasteiger partial charge in [0.2, 0.25) is 5.91 Å². The molecule has 0 saturated carbocycles. The molecule has 0 fully saturated rings. The van der Waals surface area contributed by atoms with Gasteiger partial charge in [-0.2, -0.15) is 23.9 Å². The summed E-state index contributed by atoms with van der Waals surface area (Å²) in [4.78, 5) is 24.4. The van der Waals surface area contributed by atoms with E-state index in [1.54, 1.807) is 18.5 Å². The lowest BCUT2D eigenvalue weighted by atomic mass is 10.1. The van der Waals surface area contributed by atoms with Gasteiger partial charge in [-0.1, -0.05) is 12.1 Å². The maximum Gasteiger partial charge on any atom is 0.292 e. The van der Waals surface area contributed by atoms with E-state index in [9.17, 15) is 28.4 Å². The molecule has 0 radical (unpaired) electrons. The molecule has 0 bridgehead atoms. The summed E-state index contributed by atoms with van der Waals surface area (Å²) in [6, 6.07) is 9.72. The number of nitrogens with one attached hydrogen (secondary N) is 1. The zero-order valence-electron chi connectivity index (χ0n) is 19.1. The van der Waals surface area contributed by atoms with E-state index >= 15 is 0 Å². The minimum atomic E-state index is -3.45. The third kappa shape index (κ3) is 5.81. The fourth-order valence-electron chi connectivity index (χ4n) is 3.45. The molecule has 0 aliphatic carbocycles. The molecule has 37 heavy (non-hydrogen) atoms. The fourth-order valence-corrected chi connectivity index (χ4v) is 3.45. The second-order valence-electron chi connectivity index (χ2n) is 7.80. The summed E-state index contributed by atoms with van der Waals surface area (Å²) in [7, 11) is 0. The molecule has 2 N–H and O–H groups in total. The van der Waals surface area contributed by atoms with Gasteiger partial charge in [-0.25, -0.2) is 14.1 Å². The van der Waals surface area contributed by atoms with Gasteiger partial charge in [0, 0.05) is 30.1 Å². The minimum Gasteiger partial charge on any atom is -0.427 e. The first kappa shape index (κ1) is 25.1. The standard InChI is InChI=1S/C24H19F3N8O2/c25-19-4-2-18(3-5-19)24(26,27)13-32-22-6-1-16(10-28)21(35(22)37)9-23(36)31-12-17-11-29-8-7-20(17)34-15-30-14-33-34/h1-8,11,14-15,37H,9,12-13H2,(H,31,36). The third-order valence-corrected chi connectivity index (χ3v) is 5.36. The van der Waals surface area contributed by atoms with Crippen LogP contribution in [0.1, 0.15) is 22.4 Å². The van der Waals surface area contributed by atoms with Crippen LogP contribution >= 0.6 is 0 Å². The molecule has 188 valence electrons. The topological polar surface area (TPSA) is 134 Å². The summed E-state index contributed by atoms with van der Waals surface area (Å²) in [6.07, 6.45) is 5.52. The first-order chi connectivity index (χ1) is 17.8. The Kier molecular flexibility index (Phi) is 7.28. The normalized spacial score (nSPS) is 11.8. The van der Waals surface area contributed by atoms with Gasteiger partial charge in [0.25, 0.3) is 5.92 Å². The Labute approximate surface area is 208 Å². The highest BCUT2D eigenvalue weighted by atomic mass is 19.3. The monoisotopic (exact) mass is 508 g/mol. The van der Waals surface area contributed by atoms with Crippen molar-refractivity contribution in [3.8, 4) is 11.8 Å². The van der Waals surface area contributed by atoms with Crippen molar-refractivity contribution in [2.45, 2.75) is 18.9 Å². The predicted molar refractivity (Wildman–Crippen MR) is 122 cm³/mol. The Hall–Kier alpha value is -4.99. The van der Waals surface area contributed by atoms with Crippen molar-refractivity contribution in [3.63, 3.8) is 0 Å². The predicted octanol–water partition coefficient (Wildman–Crippen LogP) is 2.26. The van der Waals surface area contributed by atoms with Gasteiger partial charge in [-0.15, -0.1) is 0 Å². The van der Waals surface area contributed by atoms with Crippen LogP contribution in [-0.2, 0) is 23.7 Å². The van der Waals surface area contributed by atoms with Crippen molar-refractivity contribution in [2.75, 3.05) is 6.54 Å². The van der Waals surface area contributed by atoms with E-state index in [0.29, 0.717) is 16.0 Å². The highest BCUT2D eigenvalue weighted by molar-refractivity contribution is 5.78. The Morgan fingerprint density at radius 1 is 1.16 bits per heavy atom. The molecule has 4 rings (SSSR count). The van der Waals surface area contributed by atoms with Crippen LogP contribution in [0.4, 0.5) is 13.2 Å². The number of benzene rings is 1. The van der Waals surface area contributed by atoms with Crippen LogP contribution in [0.3, 0.4) is 0 Å². The molecule has 0 atom stereocenters. The highest BCUT2D eigenvalue weighted by Crippen LogP contribution is 2.28. The van der Waals surface area contributed by atoms with E-state index in [1.807, 2.05) is 6.07 Å². The summed E-state index contributed by atoms with van der Waals surface area (Å²) < 4.78 is 44.0. The maximum atomic E-state index is 14.5. The van der Waals surface area contributed by atoms with E-state index in [-0.39, 0.29) is 23.3 Å². The molecular formula is C24H19F3N8O2. The molecule has 0 aliphatic heterocycles. The van der Waals surface area contributed by atoms with E-state index in [1.165, 1.54) is 29.5 Å². The summed E-state index contributed by atoms with van der Waals surface area (Å²) in [5, 5.41) is 26.7. The number of nitrogens with zero attached hydrogens (tertiary/aromatic N) is 7. The first-order valence-corrected chi connectivity index (χ1v) is 10.8. The van der Waals surface area contributed by atoms with Crippen LogP contribution in [0, 0.1) is 17.1 Å². The second kappa shape index (κ2) is 10.7. The molecule has 1 aromatic carbocycles. The van der Waals surface area contributed by atoms with E-state index in [2.05, 4.69) is 25.4 Å². The number of aromatic nitrogens is 5. The quantitative estimate of drug-likeness (QED) is 0.351. The summed E-state index contributed by atoms with van der Waals surface area (Å²) in [5.41, 5.74) is 0.372. The van der Waals surface area contributed by atoms with Crippen molar-refractivity contribution < 1.29 is 23.2 Å². The molecular weight excluding hydrogens is 489 g/mol. The maximum absolute atomic E-state index is 14.5. The molecule has 13 heteroatoms. The van der Waals surface area contributed by atoms with Crippen molar-refractivity contribution in [1.29, 1.82) is 5.26 Å². The third-order valence-electron chi connectivity index (χ3n) is 5.36. The fraction of sp³-hybridized carbons (Fsp3) is 0.167. The first-order valence-electron chi connectivity index (χ1n) is 10.8. The number of hydrogen-bond acceptors (Lipinski definition) is 7. The van der Waals surface area contributed by atoms with Crippen molar-refractivity contribution in [2.24, 2.45) is 4.99 Å². The molecule has 0 aliphatic rings. The average molecular weight is 508 g/mol. The summed E-state index contributed by atoms with van der Waals surface area (Å²) in [6.45, 7) is -0.994. The van der Waals surface area contributed by atoms with E-state index < -0.39 is 36.2 Å². The zero-order chi connectivity index (χ0) is 26.4. The molecule has 3 aromatic heterocycles. The molecule has 10 nitrogen and oxygen atoms in total. The molecule has 0 spiro atoms. The molecule has 3 heterocycles. The average Bonchev–Trinajstić information content (AvgIpc) is 3.43. The van der Waals surface area contributed by atoms with Crippen LogP contribution in [0.15, 0.2) is 72.5 Å². The number of pyridine rings is 2. The smallest absolute Gasteiger partial charge is 0.292 e. The van der Waals surface area contributed by atoms with Crippen LogP contribution < -0.4 is 10.8 Å². The van der Waals surface area contributed by atoms with Crippen molar-refractivity contribution in [1.82, 2.24) is 29.8 Å². The van der Waals surface area contributed by atoms with Gasteiger partial charge in [0.15, 0.2) is 5.49 Å². The van der Waals surface area contributed by atoms with Gasteiger partial charge in [0.1, 0.15) is 31.1 Å². The van der Waals surface area contributed by atoms with Gasteiger partial charge >= 0.3 is 0 Å². The number of alkyl halides is 2. The van der Waals surface area contributed by atoms with Crippen LogP contribution in [-0.4, -0.2) is 42.1 Å². The molecule has 4 aromatic rings. The molecule has 0 unspecified atom stereocenters. The number of halogens is 3. The highest BCUT2D eigenvalue weighted by Gasteiger charge is 2.31. The Balaban J connectivity index is 1.51. The number of rotatable bonds is 8. The summed E-state index contributed by atoms with van der Waals surface area (Å²) >= 11 is 0. The largest absolute Gasteiger partial charge is 0.427 e.